The molecular formula is C9H10N8. The minimum absolute atomic E-state index is 0.222. The van der Waals surface area contributed by atoms with Crippen LogP contribution in [0.2, 0.25) is 0 Å². The van der Waals surface area contributed by atoms with E-state index in [0.717, 1.165) is 0 Å². The van der Waals surface area contributed by atoms with Gasteiger partial charge in [-0.1, -0.05) is 0 Å². The van der Waals surface area contributed by atoms with E-state index in [-0.39, 0.29) is 5.96 Å². The summed E-state index contributed by atoms with van der Waals surface area (Å²) in [6.45, 7) is 0. The summed E-state index contributed by atoms with van der Waals surface area (Å²) >= 11 is 0. The lowest BCUT2D eigenvalue weighted by Gasteiger charge is -2.28. The number of rotatable bonds is 1. The smallest absolute Gasteiger partial charge is 0.199 e. The lowest BCUT2D eigenvalue weighted by molar-refractivity contribution is 0.527. The molecule has 8 nitrogen and oxygen atoms in total. The molecule has 2 aromatic rings. The predicted octanol–water partition coefficient (Wildman–Crippen LogP) is -0.900. The van der Waals surface area contributed by atoms with Crippen molar-refractivity contribution in [3.8, 4) is 0 Å². The lowest BCUT2D eigenvalue weighted by atomic mass is 10.0. The van der Waals surface area contributed by atoms with E-state index in [1.54, 1.807) is 18.5 Å². The molecule has 0 radical (unpaired) electrons. The first-order valence-electron chi connectivity index (χ1n) is 4.92. The normalized spacial score (nSPS) is 22.5. The number of hydrogen-bond acceptors (Lipinski definition) is 7. The molecule has 0 amide bonds. The third kappa shape index (κ3) is 1.35. The van der Waals surface area contributed by atoms with E-state index >= 15 is 0 Å². The molecule has 0 aromatic carbocycles. The second-order valence-electron chi connectivity index (χ2n) is 3.64. The highest BCUT2D eigenvalue weighted by molar-refractivity contribution is 5.95. The van der Waals surface area contributed by atoms with Gasteiger partial charge in [-0.3, -0.25) is 10.8 Å². The van der Waals surface area contributed by atoms with Crippen molar-refractivity contribution >= 4 is 11.6 Å². The SMILES string of the molecule is NC1=NC(N)(c2ccncn2)c2[nH]ncc2N1. The van der Waals surface area contributed by atoms with Gasteiger partial charge < -0.3 is 11.1 Å². The van der Waals surface area contributed by atoms with Crippen molar-refractivity contribution in [3.05, 3.63) is 36.2 Å². The molecule has 0 bridgehead atoms. The molecule has 2 aromatic heterocycles. The van der Waals surface area contributed by atoms with E-state index in [0.29, 0.717) is 17.1 Å². The van der Waals surface area contributed by atoms with E-state index in [2.05, 4.69) is 30.5 Å². The van der Waals surface area contributed by atoms with E-state index in [1.807, 2.05) is 0 Å². The number of aliphatic imine (C=N–C) groups is 1. The number of guanidine groups is 1. The van der Waals surface area contributed by atoms with Gasteiger partial charge in [0.2, 0.25) is 0 Å². The van der Waals surface area contributed by atoms with Crippen LogP contribution in [0, 0.1) is 0 Å². The Bertz CT molecular complexity index is 574. The van der Waals surface area contributed by atoms with Crippen LogP contribution in [0.3, 0.4) is 0 Å². The second-order valence-corrected chi connectivity index (χ2v) is 3.64. The van der Waals surface area contributed by atoms with Crippen LogP contribution in [-0.2, 0) is 5.66 Å². The maximum atomic E-state index is 6.26. The van der Waals surface area contributed by atoms with Gasteiger partial charge in [0, 0.05) is 6.20 Å². The molecule has 0 spiro atoms. The summed E-state index contributed by atoms with van der Waals surface area (Å²) in [6.07, 6.45) is 4.61. The number of hydrogen-bond donors (Lipinski definition) is 4. The number of H-pyrrole nitrogens is 1. The Kier molecular flexibility index (Phi) is 1.86. The standard InChI is InChI=1S/C9H10N8/c10-8-15-5-3-14-17-7(5)9(11,16-8)6-1-2-12-4-13-6/h1-4H,11H2,(H,14,17)(H3,10,15,16). The molecule has 1 aliphatic rings. The third-order valence-electron chi connectivity index (χ3n) is 2.55. The minimum atomic E-state index is -1.16. The summed E-state index contributed by atoms with van der Waals surface area (Å²) in [5.74, 6) is 0.222. The van der Waals surface area contributed by atoms with Crippen molar-refractivity contribution in [2.45, 2.75) is 5.66 Å². The number of anilines is 1. The van der Waals surface area contributed by atoms with Crippen LogP contribution in [0.15, 0.2) is 29.8 Å². The molecule has 1 atom stereocenters. The molecule has 8 heteroatoms. The van der Waals surface area contributed by atoms with Gasteiger partial charge in [-0.2, -0.15) is 5.10 Å². The summed E-state index contributed by atoms with van der Waals surface area (Å²) in [4.78, 5) is 12.2. The van der Waals surface area contributed by atoms with Crippen LogP contribution >= 0.6 is 0 Å². The Morgan fingerprint density at radius 2 is 2.24 bits per heavy atom. The molecule has 86 valence electrons. The molecule has 0 aliphatic carbocycles. The van der Waals surface area contributed by atoms with Crippen LogP contribution in [0.5, 0.6) is 0 Å². The highest BCUT2D eigenvalue weighted by Gasteiger charge is 2.38. The zero-order chi connectivity index (χ0) is 11.9. The molecule has 1 unspecified atom stereocenters. The van der Waals surface area contributed by atoms with Crippen molar-refractivity contribution in [2.24, 2.45) is 16.5 Å². The Balaban J connectivity index is 2.22. The maximum absolute atomic E-state index is 6.26. The largest absolute Gasteiger partial charge is 0.370 e. The first-order chi connectivity index (χ1) is 8.20. The van der Waals surface area contributed by atoms with E-state index < -0.39 is 5.66 Å². The minimum Gasteiger partial charge on any atom is -0.370 e. The second kappa shape index (κ2) is 3.25. The summed E-state index contributed by atoms with van der Waals surface area (Å²) in [6, 6.07) is 1.69. The van der Waals surface area contributed by atoms with Crippen LogP contribution in [0.1, 0.15) is 11.4 Å². The zero-order valence-corrected chi connectivity index (χ0v) is 8.75. The van der Waals surface area contributed by atoms with Crippen molar-refractivity contribution in [2.75, 3.05) is 5.32 Å². The van der Waals surface area contributed by atoms with Gasteiger partial charge in [0.1, 0.15) is 12.0 Å². The molecule has 3 heterocycles. The number of nitrogens with two attached hydrogens (primary N) is 2. The average molecular weight is 230 g/mol. The van der Waals surface area contributed by atoms with Crippen LogP contribution in [-0.4, -0.2) is 26.1 Å². The van der Waals surface area contributed by atoms with Crippen molar-refractivity contribution in [1.82, 2.24) is 20.2 Å². The Labute approximate surface area is 96.2 Å². The first-order valence-corrected chi connectivity index (χ1v) is 4.92. The maximum Gasteiger partial charge on any atom is 0.199 e. The van der Waals surface area contributed by atoms with Crippen molar-refractivity contribution < 1.29 is 0 Å². The van der Waals surface area contributed by atoms with Gasteiger partial charge in [-0.25, -0.2) is 15.0 Å². The van der Waals surface area contributed by atoms with Crippen LogP contribution in [0.25, 0.3) is 0 Å². The number of fused-ring (bicyclic) bond motifs is 1. The van der Waals surface area contributed by atoms with Gasteiger partial charge in [-0.05, 0) is 6.07 Å². The Morgan fingerprint density at radius 3 is 3.00 bits per heavy atom. The summed E-state index contributed by atoms with van der Waals surface area (Å²) in [5.41, 5.74) is 12.6. The zero-order valence-electron chi connectivity index (χ0n) is 8.75. The molecule has 0 saturated heterocycles. The molecule has 3 rings (SSSR count). The summed E-state index contributed by atoms with van der Waals surface area (Å²) < 4.78 is 0. The van der Waals surface area contributed by atoms with Gasteiger partial charge >= 0.3 is 0 Å². The van der Waals surface area contributed by atoms with Crippen LogP contribution < -0.4 is 16.8 Å². The van der Waals surface area contributed by atoms with E-state index in [4.69, 9.17) is 11.5 Å². The molecule has 0 saturated carbocycles. The third-order valence-corrected chi connectivity index (χ3v) is 2.55. The molecule has 6 N–H and O–H groups in total. The fourth-order valence-electron chi connectivity index (χ4n) is 1.78. The lowest BCUT2D eigenvalue weighted by Crippen LogP contribution is -2.44. The fraction of sp³-hybridized carbons (Fsp3) is 0.111. The average Bonchev–Trinajstić information content (AvgIpc) is 2.79. The van der Waals surface area contributed by atoms with E-state index in [1.165, 1.54) is 6.33 Å². The quantitative estimate of drug-likeness (QED) is 0.502. The molecule has 17 heavy (non-hydrogen) atoms. The van der Waals surface area contributed by atoms with Crippen molar-refractivity contribution in [3.63, 3.8) is 0 Å². The summed E-state index contributed by atoms with van der Waals surface area (Å²) in [7, 11) is 0. The summed E-state index contributed by atoms with van der Waals surface area (Å²) in [5, 5.41) is 9.60. The highest BCUT2D eigenvalue weighted by Crippen LogP contribution is 2.33. The van der Waals surface area contributed by atoms with Crippen LogP contribution in [0.4, 0.5) is 5.69 Å². The number of aromatic nitrogens is 4. The first kappa shape index (κ1) is 9.73. The molecule has 0 fully saturated rings. The van der Waals surface area contributed by atoms with E-state index in [9.17, 15) is 0 Å². The number of nitrogens with one attached hydrogen (secondary N) is 2. The Hall–Kier alpha value is -2.48. The highest BCUT2D eigenvalue weighted by atomic mass is 15.3. The fourth-order valence-corrected chi connectivity index (χ4v) is 1.78. The van der Waals surface area contributed by atoms with Gasteiger partial charge in [0.05, 0.1) is 17.6 Å². The van der Waals surface area contributed by atoms with Gasteiger partial charge in [-0.15, -0.1) is 0 Å². The molecular weight excluding hydrogens is 220 g/mol. The monoisotopic (exact) mass is 230 g/mol. The Morgan fingerprint density at radius 1 is 1.35 bits per heavy atom. The van der Waals surface area contributed by atoms with Gasteiger partial charge in [0.15, 0.2) is 11.6 Å². The topological polar surface area (TPSA) is 131 Å². The number of aromatic amines is 1. The molecule has 1 aliphatic heterocycles. The van der Waals surface area contributed by atoms with Gasteiger partial charge in [0.25, 0.3) is 0 Å². The predicted molar refractivity (Wildman–Crippen MR) is 60.8 cm³/mol. The van der Waals surface area contributed by atoms with Crippen molar-refractivity contribution in [1.29, 1.82) is 0 Å². The number of nitrogens with zero attached hydrogens (tertiary/aromatic N) is 4.